The van der Waals surface area contributed by atoms with Crippen LogP contribution in [0.3, 0.4) is 0 Å². The summed E-state index contributed by atoms with van der Waals surface area (Å²) in [5.41, 5.74) is -0.540. The van der Waals surface area contributed by atoms with E-state index in [1.807, 2.05) is 20.8 Å². The predicted octanol–water partition coefficient (Wildman–Crippen LogP) is 0.413. The van der Waals surface area contributed by atoms with Crippen molar-refractivity contribution in [1.29, 1.82) is 0 Å². The number of ether oxygens (including phenoxy) is 3. The molecule has 0 aromatic carbocycles. The Kier molecular flexibility index (Phi) is 7.95. The zero-order valence-corrected chi connectivity index (χ0v) is 12.5. The lowest BCUT2D eigenvalue weighted by molar-refractivity contribution is -0.229. The van der Waals surface area contributed by atoms with Crippen LogP contribution in [-0.4, -0.2) is 47.3 Å². The van der Waals surface area contributed by atoms with Crippen LogP contribution in [-0.2, 0) is 14.2 Å². The van der Waals surface area contributed by atoms with Gasteiger partial charge >= 0.3 is 0 Å². The van der Waals surface area contributed by atoms with Gasteiger partial charge in [0.1, 0.15) is 6.10 Å². The zero-order chi connectivity index (χ0) is 11.0. The quantitative estimate of drug-likeness (QED) is 0.377. The molecule has 0 aliphatic rings. The Bertz CT molecular complexity index is 140. The summed E-state index contributed by atoms with van der Waals surface area (Å²) >= 11 is 4.27. The van der Waals surface area contributed by atoms with Crippen molar-refractivity contribution in [3.05, 3.63) is 0 Å². The second-order valence-corrected chi connectivity index (χ2v) is 4.77. The minimum Gasteiger partial charge on any atom is -0.372 e. The SMILES string of the molecule is CCOC(CS)C([SiH3])(OCC)OCC. The minimum absolute atomic E-state index is 0.0672. The molecule has 0 fully saturated rings. The number of hydrogen-bond donors (Lipinski definition) is 1. The molecule has 0 N–H and O–H groups in total. The van der Waals surface area contributed by atoms with Gasteiger partial charge in [-0.25, -0.2) is 0 Å². The van der Waals surface area contributed by atoms with Crippen LogP contribution in [0.5, 0.6) is 0 Å². The van der Waals surface area contributed by atoms with E-state index in [9.17, 15) is 0 Å². The maximum atomic E-state index is 5.64. The fourth-order valence-corrected chi connectivity index (χ4v) is 3.10. The monoisotopic (exact) mass is 238 g/mol. The summed E-state index contributed by atoms with van der Waals surface area (Å²) in [6.45, 7) is 7.84. The first-order valence-electron chi connectivity index (χ1n) is 5.14. The Morgan fingerprint density at radius 1 is 1.14 bits per heavy atom. The van der Waals surface area contributed by atoms with Crippen molar-refractivity contribution in [3.8, 4) is 0 Å². The Morgan fingerprint density at radius 2 is 1.64 bits per heavy atom. The van der Waals surface area contributed by atoms with Crippen molar-refractivity contribution in [1.82, 2.24) is 0 Å². The van der Waals surface area contributed by atoms with Gasteiger partial charge < -0.3 is 14.2 Å². The van der Waals surface area contributed by atoms with E-state index < -0.39 is 5.41 Å². The topological polar surface area (TPSA) is 27.7 Å². The molecule has 0 radical (unpaired) electrons. The van der Waals surface area contributed by atoms with Crippen LogP contribution in [0.1, 0.15) is 20.8 Å². The molecule has 0 spiro atoms. The first kappa shape index (κ1) is 14.4. The van der Waals surface area contributed by atoms with Gasteiger partial charge in [0.2, 0.25) is 0 Å². The number of thiol groups is 1. The van der Waals surface area contributed by atoms with Crippen molar-refractivity contribution in [2.45, 2.75) is 32.3 Å². The molecule has 0 aliphatic carbocycles. The Labute approximate surface area is 95.3 Å². The summed E-state index contributed by atoms with van der Waals surface area (Å²) in [4.78, 5) is 0. The van der Waals surface area contributed by atoms with Gasteiger partial charge in [0.05, 0.1) is 10.2 Å². The summed E-state index contributed by atoms with van der Waals surface area (Å²) < 4.78 is 16.9. The molecular formula is C9H22O3SSi. The van der Waals surface area contributed by atoms with Gasteiger partial charge in [-0.1, -0.05) is 0 Å². The van der Waals surface area contributed by atoms with Crippen molar-refractivity contribution in [3.63, 3.8) is 0 Å². The van der Waals surface area contributed by atoms with Crippen LogP contribution in [0, 0.1) is 0 Å². The first-order valence-corrected chi connectivity index (χ1v) is 6.78. The van der Waals surface area contributed by atoms with Gasteiger partial charge in [0.25, 0.3) is 0 Å². The van der Waals surface area contributed by atoms with E-state index >= 15 is 0 Å². The molecule has 0 bridgehead atoms. The highest BCUT2D eigenvalue weighted by Gasteiger charge is 2.35. The zero-order valence-electron chi connectivity index (χ0n) is 9.58. The van der Waals surface area contributed by atoms with Crippen LogP contribution in [0.2, 0.25) is 0 Å². The molecule has 3 nitrogen and oxygen atoms in total. The van der Waals surface area contributed by atoms with E-state index in [-0.39, 0.29) is 6.10 Å². The molecule has 0 saturated carbocycles. The third-order valence-electron chi connectivity index (χ3n) is 1.98. The summed E-state index contributed by atoms with van der Waals surface area (Å²) in [5, 5.41) is 0. The van der Waals surface area contributed by atoms with Crippen LogP contribution < -0.4 is 0 Å². The maximum Gasteiger partial charge on any atom is 0.167 e. The highest BCUT2D eigenvalue weighted by Crippen LogP contribution is 2.18. The summed E-state index contributed by atoms with van der Waals surface area (Å²) in [5.74, 6) is 0.622. The fourth-order valence-electron chi connectivity index (χ4n) is 1.37. The molecular weight excluding hydrogens is 216 g/mol. The Hall–Kier alpha value is 0.447. The summed E-state index contributed by atoms with van der Waals surface area (Å²) in [7, 11) is 0.777. The Morgan fingerprint density at radius 3 is 1.93 bits per heavy atom. The van der Waals surface area contributed by atoms with E-state index in [0.717, 1.165) is 10.2 Å². The lowest BCUT2D eigenvalue weighted by atomic mass is 10.3. The second-order valence-electron chi connectivity index (χ2n) is 3.01. The van der Waals surface area contributed by atoms with Crippen LogP contribution >= 0.6 is 12.6 Å². The molecule has 1 unspecified atom stereocenters. The molecule has 0 rings (SSSR count). The molecule has 0 aromatic heterocycles. The maximum absolute atomic E-state index is 5.64. The van der Waals surface area contributed by atoms with Gasteiger partial charge in [-0.3, -0.25) is 0 Å². The van der Waals surface area contributed by atoms with E-state index in [1.54, 1.807) is 0 Å². The first-order chi connectivity index (χ1) is 6.64. The smallest absolute Gasteiger partial charge is 0.167 e. The van der Waals surface area contributed by atoms with Gasteiger partial charge in [-0.2, -0.15) is 12.6 Å². The molecule has 1 atom stereocenters. The number of rotatable bonds is 8. The van der Waals surface area contributed by atoms with Crippen LogP contribution in [0.4, 0.5) is 0 Å². The largest absolute Gasteiger partial charge is 0.372 e. The van der Waals surface area contributed by atoms with Crippen molar-refractivity contribution in [2.75, 3.05) is 25.6 Å². The van der Waals surface area contributed by atoms with Gasteiger partial charge in [-0.15, -0.1) is 0 Å². The highest BCUT2D eigenvalue weighted by atomic mass is 32.1. The predicted molar refractivity (Wildman–Crippen MR) is 65.2 cm³/mol. The van der Waals surface area contributed by atoms with Crippen molar-refractivity contribution < 1.29 is 14.2 Å². The van der Waals surface area contributed by atoms with Gasteiger partial charge in [0, 0.05) is 25.6 Å². The highest BCUT2D eigenvalue weighted by molar-refractivity contribution is 7.80. The molecule has 0 heterocycles. The standard InChI is InChI=1S/C9H22O3SSi/c1-4-10-8(7-13)9(14,11-5-2)12-6-3/h8,13H,4-7H2,1-3,14H3. The average Bonchev–Trinajstić information content (AvgIpc) is 2.14. The van der Waals surface area contributed by atoms with Crippen molar-refractivity contribution >= 4 is 22.9 Å². The molecule has 0 amide bonds. The summed E-state index contributed by atoms with van der Waals surface area (Å²) in [6.07, 6.45) is -0.0672. The van der Waals surface area contributed by atoms with Crippen LogP contribution in [0.15, 0.2) is 0 Å². The molecule has 14 heavy (non-hydrogen) atoms. The molecule has 0 aromatic rings. The Balaban J connectivity index is 4.39. The normalized spacial score (nSPS) is 14.6. The lowest BCUT2D eigenvalue weighted by Gasteiger charge is -2.36. The van der Waals surface area contributed by atoms with E-state index in [0.29, 0.717) is 25.6 Å². The van der Waals surface area contributed by atoms with Crippen molar-refractivity contribution in [2.24, 2.45) is 0 Å². The van der Waals surface area contributed by atoms with Gasteiger partial charge in [0.15, 0.2) is 5.41 Å². The molecule has 0 saturated heterocycles. The molecule has 5 heteroatoms. The lowest BCUT2D eigenvalue weighted by Crippen LogP contribution is -2.50. The fraction of sp³-hybridized carbons (Fsp3) is 1.00. The molecule has 0 aliphatic heterocycles. The summed E-state index contributed by atoms with van der Waals surface area (Å²) in [6, 6.07) is 0. The minimum atomic E-state index is -0.540. The van der Waals surface area contributed by atoms with E-state index in [1.165, 1.54) is 0 Å². The second kappa shape index (κ2) is 7.70. The van der Waals surface area contributed by atoms with E-state index in [2.05, 4.69) is 12.6 Å². The third kappa shape index (κ3) is 4.31. The van der Waals surface area contributed by atoms with Crippen LogP contribution in [0.25, 0.3) is 0 Å². The molecule has 86 valence electrons. The number of hydrogen-bond acceptors (Lipinski definition) is 4. The van der Waals surface area contributed by atoms with Gasteiger partial charge in [-0.05, 0) is 20.8 Å². The van der Waals surface area contributed by atoms with E-state index in [4.69, 9.17) is 14.2 Å². The average molecular weight is 238 g/mol. The third-order valence-corrected chi connectivity index (χ3v) is 3.53.